The minimum absolute atomic E-state index is 0.0441. The molecule has 0 aliphatic rings. The molecule has 0 amide bonds. The lowest BCUT2D eigenvalue weighted by Gasteiger charge is -2.36. The Labute approximate surface area is 184 Å². The molecule has 0 atom stereocenters. The second-order valence-electron chi connectivity index (χ2n) is 8.64. The third-order valence-electron chi connectivity index (χ3n) is 5.51. The van der Waals surface area contributed by atoms with Crippen LogP contribution in [-0.4, -0.2) is 34.6 Å². The van der Waals surface area contributed by atoms with Gasteiger partial charge >= 0.3 is 5.69 Å². The monoisotopic (exact) mass is 445 g/mol. The van der Waals surface area contributed by atoms with Crippen LogP contribution in [0.2, 0.25) is 18.1 Å². The van der Waals surface area contributed by atoms with E-state index < -0.39 is 13.2 Å². The molecule has 0 spiro atoms. The van der Waals surface area contributed by atoms with Crippen molar-refractivity contribution in [2.75, 3.05) is 21.3 Å². The molecule has 0 N–H and O–H groups in total. The van der Waals surface area contributed by atoms with E-state index in [1.165, 1.54) is 20.3 Å². The molecule has 2 aromatic carbocycles. The lowest BCUT2D eigenvalue weighted by molar-refractivity contribution is -0.385. The number of benzene rings is 2. The number of nitro benzene ring substituents is 1. The van der Waals surface area contributed by atoms with E-state index in [-0.39, 0.29) is 16.5 Å². The molecule has 7 nitrogen and oxygen atoms in total. The van der Waals surface area contributed by atoms with Crippen molar-refractivity contribution in [1.29, 1.82) is 0 Å². The van der Waals surface area contributed by atoms with Crippen LogP contribution in [0.1, 0.15) is 31.9 Å². The molecule has 0 saturated heterocycles. The molecule has 8 heteroatoms. The third kappa shape index (κ3) is 5.58. The number of nitrogens with zero attached hydrogens (tertiary/aromatic N) is 1. The molecule has 2 rings (SSSR count). The van der Waals surface area contributed by atoms with Gasteiger partial charge in [-0.05, 0) is 47.5 Å². The lowest BCUT2D eigenvalue weighted by Crippen LogP contribution is -2.43. The van der Waals surface area contributed by atoms with Crippen LogP contribution in [0.3, 0.4) is 0 Å². The normalized spacial score (nSPS) is 12.0. The van der Waals surface area contributed by atoms with Crippen molar-refractivity contribution in [1.82, 2.24) is 0 Å². The van der Waals surface area contributed by atoms with Gasteiger partial charge in [-0.2, -0.15) is 0 Å². The van der Waals surface area contributed by atoms with Crippen LogP contribution in [0.5, 0.6) is 23.0 Å². The van der Waals surface area contributed by atoms with Crippen LogP contribution in [0.15, 0.2) is 30.3 Å². The van der Waals surface area contributed by atoms with Crippen LogP contribution >= 0.6 is 0 Å². The Kier molecular flexibility index (Phi) is 7.38. The Hall–Kier alpha value is -3.00. The molecule has 0 saturated carbocycles. The highest BCUT2D eigenvalue weighted by Gasteiger charge is 2.39. The van der Waals surface area contributed by atoms with Gasteiger partial charge < -0.3 is 18.6 Å². The molecular formula is C23H31NO6Si. The van der Waals surface area contributed by atoms with Crippen molar-refractivity contribution < 1.29 is 23.6 Å². The summed E-state index contributed by atoms with van der Waals surface area (Å²) in [4.78, 5) is 10.9. The van der Waals surface area contributed by atoms with Crippen LogP contribution in [0.4, 0.5) is 5.69 Å². The molecule has 0 fully saturated rings. The van der Waals surface area contributed by atoms with Gasteiger partial charge in [-0.15, -0.1) is 0 Å². The maximum absolute atomic E-state index is 11.4. The molecule has 0 aromatic heterocycles. The minimum Gasteiger partial charge on any atom is -0.541 e. The van der Waals surface area contributed by atoms with Crippen molar-refractivity contribution in [3.63, 3.8) is 0 Å². The number of methoxy groups -OCH3 is 3. The first kappa shape index (κ1) is 24.3. The van der Waals surface area contributed by atoms with Gasteiger partial charge in [0.15, 0.2) is 11.5 Å². The lowest BCUT2D eigenvalue weighted by atomic mass is 10.1. The van der Waals surface area contributed by atoms with Gasteiger partial charge in [0.1, 0.15) is 5.75 Å². The Morgan fingerprint density at radius 3 is 1.97 bits per heavy atom. The van der Waals surface area contributed by atoms with Gasteiger partial charge in [0.2, 0.25) is 5.75 Å². The Balaban J connectivity index is 2.43. The van der Waals surface area contributed by atoms with E-state index in [4.69, 9.17) is 18.6 Å². The minimum atomic E-state index is -2.06. The Bertz CT molecular complexity index is 979. The summed E-state index contributed by atoms with van der Waals surface area (Å²) in [7, 11) is 2.39. The number of rotatable bonds is 8. The molecule has 2 aromatic rings. The third-order valence-corrected chi connectivity index (χ3v) is 9.85. The fourth-order valence-corrected chi connectivity index (χ4v) is 3.71. The molecule has 0 aliphatic carbocycles. The smallest absolute Gasteiger partial charge is 0.315 e. The SMILES string of the molecule is COc1ccc(/C=C\c2cc(OC)c(OC)c([N+](=O)[O-])c2)cc1O[Si](C)(C)C(C)(C)C. The van der Waals surface area contributed by atoms with E-state index in [2.05, 4.69) is 33.9 Å². The van der Waals surface area contributed by atoms with E-state index >= 15 is 0 Å². The summed E-state index contributed by atoms with van der Waals surface area (Å²) in [5.41, 5.74) is 1.34. The van der Waals surface area contributed by atoms with Gasteiger partial charge in [0, 0.05) is 6.07 Å². The average molecular weight is 446 g/mol. The second kappa shape index (κ2) is 9.43. The van der Waals surface area contributed by atoms with Crippen molar-refractivity contribution in [3.05, 3.63) is 51.6 Å². The van der Waals surface area contributed by atoms with Crippen molar-refractivity contribution in [3.8, 4) is 23.0 Å². The molecule has 0 radical (unpaired) electrons. The van der Waals surface area contributed by atoms with E-state index in [9.17, 15) is 10.1 Å². The van der Waals surface area contributed by atoms with Gasteiger partial charge in [-0.3, -0.25) is 10.1 Å². The molecule has 0 heterocycles. The maximum atomic E-state index is 11.4. The number of nitro groups is 1. The van der Waals surface area contributed by atoms with Crippen LogP contribution in [0, 0.1) is 10.1 Å². The largest absolute Gasteiger partial charge is 0.541 e. The Morgan fingerprint density at radius 2 is 1.45 bits per heavy atom. The first-order chi connectivity index (χ1) is 14.4. The molecule has 0 bridgehead atoms. The highest BCUT2D eigenvalue weighted by Crippen LogP contribution is 2.41. The number of hydrogen-bond acceptors (Lipinski definition) is 6. The average Bonchev–Trinajstić information content (AvgIpc) is 2.70. The first-order valence-corrected chi connectivity index (χ1v) is 12.8. The van der Waals surface area contributed by atoms with Crippen LogP contribution < -0.4 is 18.6 Å². The molecule has 31 heavy (non-hydrogen) atoms. The van der Waals surface area contributed by atoms with Crippen molar-refractivity contribution >= 4 is 26.2 Å². The van der Waals surface area contributed by atoms with Gasteiger partial charge in [0.05, 0.1) is 26.3 Å². The van der Waals surface area contributed by atoms with Crippen molar-refractivity contribution in [2.45, 2.75) is 38.9 Å². The summed E-state index contributed by atoms with van der Waals surface area (Å²) in [6.45, 7) is 10.9. The molecule has 168 valence electrons. The molecular weight excluding hydrogens is 414 g/mol. The summed E-state index contributed by atoms with van der Waals surface area (Å²) < 4.78 is 22.3. The van der Waals surface area contributed by atoms with Gasteiger partial charge in [0.25, 0.3) is 8.32 Å². The van der Waals surface area contributed by atoms with Gasteiger partial charge in [-0.1, -0.05) is 39.0 Å². The predicted molar refractivity (Wildman–Crippen MR) is 126 cm³/mol. The van der Waals surface area contributed by atoms with E-state index in [1.807, 2.05) is 24.3 Å². The summed E-state index contributed by atoms with van der Waals surface area (Å²) >= 11 is 0. The first-order valence-electron chi connectivity index (χ1n) is 9.89. The standard InChI is InChI=1S/C23H31NO6Si/c1-23(2,3)31(7,8)30-20-14-16(11-12-19(20)27-4)9-10-17-13-18(24(25)26)22(29-6)21(15-17)28-5/h9-15H,1-8H3/b10-9-. The highest BCUT2D eigenvalue weighted by molar-refractivity contribution is 6.74. The van der Waals surface area contributed by atoms with Crippen LogP contribution in [0.25, 0.3) is 12.2 Å². The number of hydrogen-bond donors (Lipinski definition) is 0. The summed E-state index contributed by atoms with van der Waals surface area (Å²) in [5.74, 6) is 1.76. The van der Waals surface area contributed by atoms with Gasteiger partial charge in [-0.25, -0.2) is 0 Å². The quantitative estimate of drug-likeness (QED) is 0.209. The highest BCUT2D eigenvalue weighted by atomic mass is 28.4. The van der Waals surface area contributed by atoms with E-state index in [1.54, 1.807) is 19.3 Å². The summed E-state index contributed by atoms with van der Waals surface area (Å²) in [5, 5.41) is 11.5. The topological polar surface area (TPSA) is 80.1 Å². The molecule has 0 unspecified atom stereocenters. The number of ether oxygens (including phenoxy) is 3. The second-order valence-corrected chi connectivity index (χ2v) is 13.4. The fraction of sp³-hybridized carbons (Fsp3) is 0.391. The summed E-state index contributed by atoms with van der Waals surface area (Å²) in [6, 6.07) is 8.83. The molecule has 0 aliphatic heterocycles. The summed E-state index contributed by atoms with van der Waals surface area (Å²) in [6.07, 6.45) is 3.65. The maximum Gasteiger partial charge on any atom is 0.315 e. The zero-order valence-electron chi connectivity index (χ0n) is 19.4. The fourth-order valence-electron chi connectivity index (χ4n) is 2.69. The van der Waals surface area contributed by atoms with E-state index in [0.29, 0.717) is 22.8 Å². The van der Waals surface area contributed by atoms with E-state index in [0.717, 1.165) is 5.56 Å². The zero-order valence-corrected chi connectivity index (χ0v) is 20.4. The van der Waals surface area contributed by atoms with Crippen molar-refractivity contribution in [2.24, 2.45) is 0 Å². The predicted octanol–water partition coefficient (Wildman–Crippen LogP) is 6.18. The zero-order chi connectivity index (χ0) is 23.4. The Morgan fingerprint density at radius 1 is 0.871 bits per heavy atom. The van der Waals surface area contributed by atoms with Crippen LogP contribution in [-0.2, 0) is 0 Å².